The van der Waals surface area contributed by atoms with E-state index in [-0.39, 0.29) is 5.97 Å². The van der Waals surface area contributed by atoms with Crippen molar-refractivity contribution in [3.05, 3.63) is 24.3 Å². The van der Waals surface area contributed by atoms with Crippen LogP contribution in [0.25, 0.3) is 11.0 Å². The quantitative estimate of drug-likeness (QED) is 0.817. The molecule has 3 rings (SSSR count). The third-order valence-electron chi connectivity index (χ3n) is 3.41. The Hall–Kier alpha value is -2.28. The molecule has 1 fully saturated rings. The summed E-state index contributed by atoms with van der Waals surface area (Å²) in [7, 11) is 0. The Bertz CT molecular complexity index is 648. The molecule has 0 radical (unpaired) electrons. The first-order valence-corrected chi connectivity index (χ1v) is 7.03. The molecule has 1 aromatic heterocycles. The van der Waals surface area contributed by atoms with Gasteiger partial charge in [-0.1, -0.05) is 12.1 Å². The summed E-state index contributed by atoms with van der Waals surface area (Å²) >= 11 is 0. The number of anilines is 1. The summed E-state index contributed by atoms with van der Waals surface area (Å²) in [6.07, 6.45) is 0. The summed E-state index contributed by atoms with van der Waals surface area (Å²) in [4.78, 5) is 18.4. The van der Waals surface area contributed by atoms with E-state index in [0.717, 1.165) is 17.6 Å². The van der Waals surface area contributed by atoms with Crippen LogP contribution < -0.4 is 10.2 Å². The molecule has 7 heteroatoms. The molecule has 21 heavy (non-hydrogen) atoms. The van der Waals surface area contributed by atoms with Gasteiger partial charge < -0.3 is 15.0 Å². The van der Waals surface area contributed by atoms with Crippen molar-refractivity contribution in [1.82, 2.24) is 20.5 Å². The van der Waals surface area contributed by atoms with Crippen molar-refractivity contribution in [3.8, 4) is 0 Å². The van der Waals surface area contributed by atoms with Crippen LogP contribution in [0.15, 0.2) is 24.3 Å². The van der Waals surface area contributed by atoms with Gasteiger partial charge in [-0.3, -0.25) is 0 Å². The number of nitrogens with one attached hydrogen (secondary N) is 1. The van der Waals surface area contributed by atoms with Gasteiger partial charge in [-0.25, -0.2) is 9.78 Å². The summed E-state index contributed by atoms with van der Waals surface area (Å²) in [5.74, 6) is 0.203. The molecular weight excluding hydrogens is 270 g/mol. The van der Waals surface area contributed by atoms with Crippen LogP contribution >= 0.6 is 0 Å². The number of para-hydroxylation sites is 1. The number of carbonyl (C=O) groups is 1. The Morgan fingerprint density at radius 1 is 1.38 bits per heavy atom. The second-order valence-electron chi connectivity index (χ2n) is 4.77. The van der Waals surface area contributed by atoms with E-state index < -0.39 is 6.04 Å². The van der Waals surface area contributed by atoms with Crippen molar-refractivity contribution < 1.29 is 9.53 Å². The van der Waals surface area contributed by atoms with E-state index in [1.807, 2.05) is 29.2 Å². The number of piperazine rings is 1. The average Bonchev–Trinajstić information content (AvgIpc) is 2.54. The van der Waals surface area contributed by atoms with E-state index in [1.165, 1.54) is 0 Å². The van der Waals surface area contributed by atoms with Gasteiger partial charge in [-0.05, 0) is 19.1 Å². The highest BCUT2D eigenvalue weighted by molar-refractivity contribution is 5.81. The van der Waals surface area contributed by atoms with Gasteiger partial charge in [0, 0.05) is 19.6 Å². The number of aromatic nitrogens is 3. The Labute approximate surface area is 122 Å². The fraction of sp³-hybridized carbons (Fsp3) is 0.429. The fourth-order valence-corrected chi connectivity index (χ4v) is 2.39. The van der Waals surface area contributed by atoms with Crippen molar-refractivity contribution in [2.24, 2.45) is 0 Å². The summed E-state index contributed by atoms with van der Waals surface area (Å²) in [5, 5.41) is 11.5. The zero-order valence-electron chi connectivity index (χ0n) is 11.8. The molecule has 7 nitrogen and oxygen atoms in total. The molecule has 1 saturated heterocycles. The lowest BCUT2D eigenvalue weighted by atomic mass is 10.2. The van der Waals surface area contributed by atoms with E-state index in [2.05, 4.69) is 20.5 Å². The van der Waals surface area contributed by atoms with Crippen molar-refractivity contribution in [3.63, 3.8) is 0 Å². The molecule has 0 aliphatic carbocycles. The molecule has 1 unspecified atom stereocenters. The maximum Gasteiger partial charge on any atom is 0.330 e. The maximum atomic E-state index is 12.1. The predicted octanol–water partition coefficient (Wildman–Crippen LogP) is 0.366. The van der Waals surface area contributed by atoms with Gasteiger partial charge in [0.2, 0.25) is 5.95 Å². The van der Waals surface area contributed by atoms with E-state index in [4.69, 9.17) is 4.74 Å². The monoisotopic (exact) mass is 287 g/mol. The highest BCUT2D eigenvalue weighted by atomic mass is 16.5. The van der Waals surface area contributed by atoms with Gasteiger partial charge in [-0.2, -0.15) is 0 Å². The zero-order chi connectivity index (χ0) is 14.7. The molecule has 1 aliphatic rings. The Balaban J connectivity index is 1.92. The van der Waals surface area contributed by atoms with Crippen molar-refractivity contribution in [2.45, 2.75) is 13.0 Å². The smallest absolute Gasteiger partial charge is 0.330 e. The topological polar surface area (TPSA) is 80.2 Å². The second kappa shape index (κ2) is 6.01. The lowest BCUT2D eigenvalue weighted by Gasteiger charge is -2.34. The van der Waals surface area contributed by atoms with Gasteiger partial charge in [0.25, 0.3) is 0 Å². The minimum atomic E-state index is -0.415. The lowest BCUT2D eigenvalue weighted by molar-refractivity contribution is -0.144. The number of carbonyl (C=O) groups excluding carboxylic acids is 1. The number of benzene rings is 1. The van der Waals surface area contributed by atoms with Crippen LogP contribution in [-0.2, 0) is 9.53 Å². The number of hydrogen-bond donors (Lipinski definition) is 1. The Morgan fingerprint density at radius 2 is 2.19 bits per heavy atom. The van der Waals surface area contributed by atoms with E-state index in [9.17, 15) is 4.79 Å². The number of fused-ring (bicyclic) bond motifs is 1. The molecule has 0 bridgehead atoms. The van der Waals surface area contributed by atoms with E-state index >= 15 is 0 Å². The van der Waals surface area contributed by atoms with Crippen LogP contribution in [0.3, 0.4) is 0 Å². The SMILES string of the molecule is CCOC(=O)C1CNCCN1c1nnc2ccccc2n1. The molecule has 0 saturated carbocycles. The lowest BCUT2D eigenvalue weighted by Crippen LogP contribution is -2.56. The largest absolute Gasteiger partial charge is 0.464 e. The zero-order valence-corrected chi connectivity index (χ0v) is 11.8. The highest BCUT2D eigenvalue weighted by Gasteiger charge is 2.31. The second-order valence-corrected chi connectivity index (χ2v) is 4.77. The summed E-state index contributed by atoms with van der Waals surface area (Å²) in [6.45, 7) is 4.09. The number of rotatable bonds is 3. The number of nitrogens with zero attached hydrogens (tertiary/aromatic N) is 4. The van der Waals surface area contributed by atoms with Gasteiger partial charge in [0.05, 0.1) is 12.1 Å². The van der Waals surface area contributed by atoms with Crippen LogP contribution in [-0.4, -0.2) is 53.4 Å². The first-order valence-electron chi connectivity index (χ1n) is 7.03. The van der Waals surface area contributed by atoms with Crippen molar-refractivity contribution in [2.75, 3.05) is 31.1 Å². The van der Waals surface area contributed by atoms with Gasteiger partial charge >= 0.3 is 5.97 Å². The fourth-order valence-electron chi connectivity index (χ4n) is 2.39. The third-order valence-corrected chi connectivity index (χ3v) is 3.41. The highest BCUT2D eigenvalue weighted by Crippen LogP contribution is 2.16. The third kappa shape index (κ3) is 2.78. The molecule has 0 amide bonds. The first-order chi connectivity index (χ1) is 10.3. The molecule has 1 N–H and O–H groups in total. The van der Waals surface area contributed by atoms with Crippen molar-refractivity contribution >= 4 is 23.0 Å². The van der Waals surface area contributed by atoms with E-state index in [1.54, 1.807) is 6.92 Å². The number of esters is 1. The normalized spacial score (nSPS) is 18.7. The number of ether oxygens (including phenoxy) is 1. The summed E-state index contributed by atoms with van der Waals surface area (Å²) < 4.78 is 5.12. The van der Waals surface area contributed by atoms with E-state index in [0.29, 0.717) is 25.6 Å². The molecule has 2 heterocycles. The Morgan fingerprint density at radius 3 is 3.00 bits per heavy atom. The van der Waals surface area contributed by atoms with Crippen LogP contribution in [0.5, 0.6) is 0 Å². The first kappa shape index (κ1) is 13.7. The standard InChI is InChI=1S/C14H17N5O2/c1-2-21-13(20)12-9-15-7-8-19(12)14-16-10-5-3-4-6-11(10)17-18-14/h3-6,12,15H,2,7-9H2,1H3. The molecule has 2 aromatic rings. The minimum absolute atomic E-state index is 0.263. The maximum absolute atomic E-state index is 12.1. The van der Waals surface area contributed by atoms with Crippen LogP contribution in [0.2, 0.25) is 0 Å². The van der Waals surface area contributed by atoms with Crippen molar-refractivity contribution in [1.29, 1.82) is 0 Å². The van der Waals surface area contributed by atoms with Gasteiger partial charge in [0.1, 0.15) is 11.6 Å². The minimum Gasteiger partial charge on any atom is -0.464 e. The molecule has 1 aliphatic heterocycles. The summed E-state index contributed by atoms with van der Waals surface area (Å²) in [6, 6.07) is 7.13. The molecule has 1 aromatic carbocycles. The molecule has 110 valence electrons. The predicted molar refractivity (Wildman–Crippen MR) is 78.0 cm³/mol. The van der Waals surface area contributed by atoms with Crippen LogP contribution in [0, 0.1) is 0 Å². The molecule has 0 spiro atoms. The molecule has 1 atom stereocenters. The van der Waals surface area contributed by atoms with Gasteiger partial charge in [0.15, 0.2) is 0 Å². The summed E-state index contributed by atoms with van der Waals surface area (Å²) in [5.41, 5.74) is 1.51. The Kier molecular flexibility index (Phi) is 3.92. The van der Waals surface area contributed by atoms with Crippen LogP contribution in [0.1, 0.15) is 6.92 Å². The molecular formula is C14H17N5O2. The number of hydrogen-bond acceptors (Lipinski definition) is 7. The average molecular weight is 287 g/mol. The van der Waals surface area contributed by atoms with Crippen LogP contribution in [0.4, 0.5) is 5.95 Å². The van der Waals surface area contributed by atoms with Gasteiger partial charge in [-0.15, -0.1) is 10.2 Å².